The molecule has 1 heterocycles. The number of anilines is 1. The summed E-state index contributed by atoms with van der Waals surface area (Å²) >= 11 is 11.7. The van der Waals surface area contributed by atoms with Crippen LogP contribution in [0.3, 0.4) is 0 Å². The second kappa shape index (κ2) is 4.83. The Morgan fingerprint density at radius 3 is 2.78 bits per heavy atom. The molecule has 0 spiro atoms. The average molecular weight is 287 g/mol. The van der Waals surface area contributed by atoms with Crippen molar-refractivity contribution in [1.82, 2.24) is 14.8 Å². The molecule has 0 saturated heterocycles. The number of benzene rings is 1. The Balaban J connectivity index is 2.26. The van der Waals surface area contributed by atoms with Crippen molar-refractivity contribution in [3.63, 3.8) is 0 Å². The molecule has 0 aliphatic carbocycles. The maximum Gasteiger partial charge on any atom is 0.343 e. The standard InChI is InChI=1S/C10H8Cl2N4O2/c1-16-10(18)14-8(15-16)9(17)13-7-4-5(11)2-3-6(7)12/h2-4H,1H3,(H,13,17)(H,14,15,18). The van der Waals surface area contributed by atoms with Crippen molar-refractivity contribution in [2.24, 2.45) is 7.05 Å². The van der Waals surface area contributed by atoms with E-state index in [1.165, 1.54) is 13.1 Å². The van der Waals surface area contributed by atoms with E-state index in [9.17, 15) is 9.59 Å². The van der Waals surface area contributed by atoms with Crippen LogP contribution >= 0.6 is 23.2 Å². The Kier molecular flexibility index (Phi) is 3.40. The van der Waals surface area contributed by atoms with Crippen LogP contribution in [-0.4, -0.2) is 20.7 Å². The van der Waals surface area contributed by atoms with E-state index in [0.29, 0.717) is 15.7 Å². The first-order chi connectivity index (χ1) is 8.47. The van der Waals surface area contributed by atoms with Crippen molar-refractivity contribution < 1.29 is 4.79 Å². The summed E-state index contributed by atoms with van der Waals surface area (Å²) in [6.45, 7) is 0. The van der Waals surface area contributed by atoms with E-state index in [0.717, 1.165) is 4.68 Å². The van der Waals surface area contributed by atoms with Gasteiger partial charge >= 0.3 is 5.69 Å². The zero-order valence-electron chi connectivity index (χ0n) is 9.20. The van der Waals surface area contributed by atoms with Crippen LogP contribution in [-0.2, 0) is 7.05 Å². The Morgan fingerprint density at radius 1 is 1.44 bits per heavy atom. The molecular weight excluding hydrogens is 279 g/mol. The highest BCUT2D eigenvalue weighted by Gasteiger charge is 2.13. The molecule has 94 valence electrons. The molecule has 8 heteroatoms. The molecule has 2 N–H and O–H groups in total. The number of aromatic amines is 1. The molecule has 1 amide bonds. The Bertz CT molecular complexity index is 662. The molecule has 2 aromatic rings. The largest absolute Gasteiger partial charge is 0.343 e. The first-order valence-corrected chi connectivity index (χ1v) is 5.62. The molecule has 2 rings (SSSR count). The van der Waals surface area contributed by atoms with Crippen LogP contribution in [0.5, 0.6) is 0 Å². The quantitative estimate of drug-likeness (QED) is 0.881. The minimum atomic E-state index is -0.572. The summed E-state index contributed by atoms with van der Waals surface area (Å²) in [6, 6.07) is 4.66. The number of hydrogen-bond donors (Lipinski definition) is 2. The van der Waals surface area contributed by atoms with Gasteiger partial charge in [0, 0.05) is 12.1 Å². The minimum Gasteiger partial charge on any atom is -0.318 e. The highest BCUT2D eigenvalue weighted by molar-refractivity contribution is 6.35. The summed E-state index contributed by atoms with van der Waals surface area (Å²) in [5.41, 5.74) is -0.127. The Hall–Kier alpha value is -1.79. The van der Waals surface area contributed by atoms with Crippen molar-refractivity contribution in [3.05, 3.63) is 44.6 Å². The van der Waals surface area contributed by atoms with Crippen LogP contribution in [0.1, 0.15) is 10.6 Å². The molecule has 1 aromatic carbocycles. The number of aryl methyl sites for hydroxylation is 1. The summed E-state index contributed by atoms with van der Waals surface area (Å²) in [5.74, 6) is -0.671. The third-order valence-electron chi connectivity index (χ3n) is 2.16. The lowest BCUT2D eigenvalue weighted by atomic mass is 10.3. The molecule has 0 aliphatic rings. The summed E-state index contributed by atoms with van der Waals surface area (Å²) in [6.07, 6.45) is 0. The molecule has 0 radical (unpaired) electrons. The highest BCUT2D eigenvalue weighted by atomic mass is 35.5. The first-order valence-electron chi connectivity index (χ1n) is 4.87. The van der Waals surface area contributed by atoms with Crippen LogP contribution in [0.25, 0.3) is 0 Å². The van der Waals surface area contributed by atoms with Gasteiger partial charge in [0.1, 0.15) is 0 Å². The predicted molar refractivity (Wildman–Crippen MR) is 68.2 cm³/mol. The molecule has 0 atom stereocenters. The van der Waals surface area contributed by atoms with Crippen molar-refractivity contribution in [2.75, 3.05) is 5.32 Å². The van der Waals surface area contributed by atoms with Gasteiger partial charge in [-0.3, -0.25) is 9.78 Å². The molecule has 1 aromatic heterocycles. The fourth-order valence-electron chi connectivity index (χ4n) is 1.28. The van der Waals surface area contributed by atoms with Crippen molar-refractivity contribution in [2.45, 2.75) is 0 Å². The van der Waals surface area contributed by atoms with E-state index in [4.69, 9.17) is 23.2 Å². The Labute approximate surface area is 112 Å². The van der Waals surface area contributed by atoms with E-state index < -0.39 is 11.6 Å². The molecule has 0 aliphatic heterocycles. The molecule has 18 heavy (non-hydrogen) atoms. The molecular formula is C10H8Cl2N4O2. The predicted octanol–water partition coefficient (Wildman–Crippen LogP) is 1.67. The van der Waals surface area contributed by atoms with Gasteiger partial charge in [0.25, 0.3) is 5.91 Å². The van der Waals surface area contributed by atoms with Crippen LogP contribution < -0.4 is 11.0 Å². The van der Waals surface area contributed by atoms with E-state index in [-0.39, 0.29) is 5.82 Å². The zero-order chi connectivity index (χ0) is 13.3. The third kappa shape index (κ3) is 2.55. The van der Waals surface area contributed by atoms with Crippen LogP contribution in [0.2, 0.25) is 10.0 Å². The number of halogens is 2. The maximum atomic E-state index is 11.8. The topological polar surface area (TPSA) is 79.8 Å². The fraction of sp³-hybridized carbons (Fsp3) is 0.100. The van der Waals surface area contributed by atoms with Gasteiger partial charge < -0.3 is 5.32 Å². The minimum absolute atomic E-state index is 0.0986. The van der Waals surface area contributed by atoms with Crippen molar-refractivity contribution in [3.8, 4) is 0 Å². The number of carbonyl (C=O) groups is 1. The molecule has 6 nitrogen and oxygen atoms in total. The van der Waals surface area contributed by atoms with E-state index in [1.54, 1.807) is 12.1 Å². The monoisotopic (exact) mass is 286 g/mol. The number of nitrogens with one attached hydrogen (secondary N) is 2. The summed E-state index contributed by atoms with van der Waals surface area (Å²) in [7, 11) is 1.43. The second-order valence-electron chi connectivity index (χ2n) is 3.48. The van der Waals surface area contributed by atoms with E-state index in [2.05, 4.69) is 15.4 Å². The molecule has 0 unspecified atom stereocenters. The van der Waals surface area contributed by atoms with Crippen LogP contribution in [0.4, 0.5) is 5.69 Å². The first kappa shape index (κ1) is 12.7. The molecule has 0 saturated carbocycles. The van der Waals surface area contributed by atoms with Crippen molar-refractivity contribution in [1.29, 1.82) is 0 Å². The fourth-order valence-corrected chi connectivity index (χ4v) is 1.62. The lowest BCUT2D eigenvalue weighted by Crippen LogP contribution is -2.15. The zero-order valence-corrected chi connectivity index (χ0v) is 10.7. The van der Waals surface area contributed by atoms with Gasteiger partial charge in [-0.1, -0.05) is 23.2 Å². The molecule has 0 bridgehead atoms. The Morgan fingerprint density at radius 2 is 2.17 bits per heavy atom. The van der Waals surface area contributed by atoms with Gasteiger partial charge in [0.15, 0.2) is 0 Å². The SMILES string of the molecule is Cn1nc(C(=O)Nc2cc(Cl)ccc2Cl)[nH]c1=O. The summed E-state index contributed by atoms with van der Waals surface area (Å²) < 4.78 is 1.02. The smallest absolute Gasteiger partial charge is 0.318 e. The molecule has 0 fully saturated rings. The lowest BCUT2D eigenvalue weighted by Gasteiger charge is -2.05. The number of carbonyl (C=O) groups excluding carboxylic acids is 1. The number of amides is 1. The van der Waals surface area contributed by atoms with Gasteiger partial charge in [-0.2, -0.15) is 0 Å². The maximum absolute atomic E-state index is 11.8. The van der Waals surface area contributed by atoms with E-state index >= 15 is 0 Å². The van der Waals surface area contributed by atoms with Crippen LogP contribution in [0, 0.1) is 0 Å². The summed E-state index contributed by atoms with van der Waals surface area (Å²) in [4.78, 5) is 25.2. The normalized spacial score (nSPS) is 10.4. The average Bonchev–Trinajstić information content (AvgIpc) is 2.64. The van der Waals surface area contributed by atoms with Gasteiger partial charge in [0.2, 0.25) is 5.82 Å². The van der Waals surface area contributed by atoms with Crippen molar-refractivity contribution >= 4 is 34.8 Å². The number of H-pyrrole nitrogens is 1. The van der Waals surface area contributed by atoms with Gasteiger partial charge in [-0.05, 0) is 18.2 Å². The highest BCUT2D eigenvalue weighted by Crippen LogP contribution is 2.25. The second-order valence-corrected chi connectivity index (χ2v) is 4.32. The lowest BCUT2D eigenvalue weighted by molar-refractivity contribution is 0.101. The number of aromatic nitrogens is 3. The van der Waals surface area contributed by atoms with E-state index in [1.807, 2.05) is 0 Å². The number of hydrogen-bond acceptors (Lipinski definition) is 3. The summed E-state index contributed by atoms with van der Waals surface area (Å²) in [5, 5.41) is 7.00. The van der Waals surface area contributed by atoms with Gasteiger partial charge in [0.05, 0.1) is 10.7 Å². The van der Waals surface area contributed by atoms with Gasteiger partial charge in [-0.15, -0.1) is 5.10 Å². The number of nitrogens with zero attached hydrogens (tertiary/aromatic N) is 2. The van der Waals surface area contributed by atoms with Crippen LogP contribution in [0.15, 0.2) is 23.0 Å². The third-order valence-corrected chi connectivity index (χ3v) is 2.73. The van der Waals surface area contributed by atoms with Gasteiger partial charge in [-0.25, -0.2) is 9.48 Å². The number of rotatable bonds is 2.